The van der Waals surface area contributed by atoms with Crippen LogP contribution in [0.3, 0.4) is 0 Å². The van der Waals surface area contributed by atoms with Gasteiger partial charge in [0.2, 0.25) is 0 Å². The van der Waals surface area contributed by atoms with Crippen molar-refractivity contribution in [2.75, 3.05) is 0 Å². The summed E-state index contributed by atoms with van der Waals surface area (Å²) in [4.78, 5) is 0. The molecule has 5 atom stereocenters. The van der Waals surface area contributed by atoms with Crippen LogP contribution in [0.1, 0.15) is 220 Å². The first-order valence-corrected chi connectivity index (χ1v) is 33.5. The summed E-state index contributed by atoms with van der Waals surface area (Å²) in [5, 5.41) is 4.17. The van der Waals surface area contributed by atoms with Crippen LogP contribution in [0.4, 0.5) is 0 Å². The van der Waals surface area contributed by atoms with Gasteiger partial charge in [-0.3, -0.25) is 0 Å². The summed E-state index contributed by atoms with van der Waals surface area (Å²) < 4.78 is 0. The van der Waals surface area contributed by atoms with Crippen molar-refractivity contribution in [2.45, 2.75) is 215 Å². The number of hydrogen-bond donors (Lipinski definition) is 1. The van der Waals surface area contributed by atoms with Gasteiger partial charge in [-0.2, -0.15) is 0 Å². The molecule has 5 aliphatic rings. The van der Waals surface area contributed by atoms with E-state index in [9.17, 15) is 0 Å². The summed E-state index contributed by atoms with van der Waals surface area (Å²) in [6.45, 7) is 49.4. The lowest BCUT2D eigenvalue weighted by atomic mass is 9.61. The van der Waals surface area contributed by atoms with Crippen LogP contribution in [0.25, 0.3) is 0 Å². The van der Waals surface area contributed by atoms with Crippen LogP contribution in [0, 0.1) is 72.6 Å². The van der Waals surface area contributed by atoms with Crippen molar-refractivity contribution in [3.05, 3.63) is 294 Å². The summed E-state index contributed by atoms with van der Waals surface area (Å²) in [5.41, 5.74) is 28.1. The third kappa shape index (κ3) is 17.1. The van der Waals surface area contributed by atoms with Crippen LogP contribution in [-0.4, -0.2) is 0 Å². The van der Waals surface area contributed by atoms with Gasteiger partial charge in [0.05, 0.1) is 5.41 Å². The van der Waals surface area contributed by atoms with E-state index in [1.165, 1.54) is 125 Å². The van der Waals surface area contributed by atoms with Crippen LogP contribution >= 0.6 is 0 Å². The molecule has 5 unspecified atom stereocenters. The highest BCUT2D eigenvalue weighted by atomic mass is 14.9. The molecule has 1 N–H and O–H groups in total. The van der Waals surface area contributed by atoms with E-state index in [1.54, 1.807) is 5.57 Å². The second-order valence-electron chi connectivity index (χ2n) is 23.5. The van der Waals surface area contributed by atoms with Gasteiger partial charge >= 0.3 is 0 Å². The lowest BCUT2D eigenvalue weighted by Crippen LogP contribution is -2.36. The van der Waals surface area contributed by atoms with Crippen molar-refractivity contribution in [3.63, 3.8) is 0 Å². The average molecular weight is 1150 g/mol. The van der Waals surface area contributed by atoms with Gasteiger partial charge in [-0.05, 0) is 223 Å². The molecular weight excluding hydrogens is 1030 g/mol. The molecule has 0 spiro atoms. The first-order valence-electron chi connectivity index (χ1n) is 33.5. The van der Waals surface area contributed by atoms with E-state index in [-0.39, 0.29) is 5.41 Å². The average Bonchev–Trinajstić information content (AvgIpc) is 1.53. The van der Waals surface area contributed by atoms with Crippen molar-refractivity contribution in [2.24, 2.45) is 17.3 Å². The Labute approximate surface area is 527 Å². The molecule has 5 aromatic carbocycles. The van der Waals surface area contributed by atoms with Gasteiger partial charge in [-0.25, -0.2) is 0 Å². The Kier molecular flexibility index (Phi) is 29.4. The molecular formula is C85H115N. The van der Waals surface area contributed by atoms with E-state index in [2.05, 4.69) is 251 Å². The number of allylic oxidation sites excluding steroid dienone is 17. The Morgan fingerprint density at radius 1 is 0.628 bits per heavy atom. The number of rotatable bonds is 12. The minimum absolute atomic E-state index is 0.0810. The van der Waals surface area contributed by atoms with Crippen molar-refractivity contribution in [1.82, 2.24) is 5.32 Å². The fraction of sp³-hybridized carbons (Fsp3) is 0.412. The van der Waals surface area contributed by atoms with E-state index >= 15 is 0 Å². The molecule has 1 nitrogen and oxygen atoms in total. The zero-order chi connectivity index (χ0) is 63.7. The topological polar surface area (TPSA) is 12.0 Å². The summed E-state index contributed by atoms with van der Waals surface area (Å²) in [7, 11) is 0. The maximum atomic E-state index is 5.00. The Morgan fingerprint density at radius 3 is 1.83 bits per heavy atom. The maximum absolute atomic E-state index is 5.00. The molecule has 0 saturated heterocycles. The number of aryl methyl sites for hydroxylation is 7. The van der Waals surface area contributed by atoms with Crippen molar-refractivity contribution in [1.29, 1.82) is 0 Å². The van der Waals surface area contributed by atoms with Gasteiger partial charge in [0.25, 0.3) is 0 Å². The highest BCUT2D eigenvalue weighted by molar-refractivity contribution is 5.65. The van der Waals surface area contributed by atoms with Crippen molar-refractivity contribution < 1.29 is 0 Å². The first kappa shape index (κ1) is 71.8. The Morgan fingerprint density at radius 2 is 1.21 bits per heavy atom. The van der Waals surface area contributed by atoms with Crippen LogP contribution in [0.5, 0.6) is 0 Å². The molecule has 5 aliphatic carbocycles. The van der Waals surface area contributed by atoms with E-state index in [0.717, 1.165) is 50.1 Å². The zero-order valence-electron chi connectivity index (χ0n) is 58.0. The molecule has 2 fully saturated rings. The molecule has 460 valence electrons. The van der Waals surface area contributed by atoms with Gasteiger partial charge in [-0.15, -0.1) is 0 Å². The largest absolute Gasteiger partial charge is 0.358 e. The van der Waals surface area contributed by atoms with Gasteiger partial charge in [0.15, 0.2) is 0 Å². The Bertz CT molecular complexity index is 3230. The van der Waals surface area contributed by atoms with Crippen LogP contribution < -0.4 is 5.32 Å². The van der Waals surface area contributed by atoms with Crippen molar-refractivity contribution in [3.8, 4) is 0 Å². The molecule has 1 heteroatoms. The predicted molar refractivity (Wildman–Crippen MR) is 384 cm³/mol. The predicted octanol–water partition coefficient (Wildman–Crippen LogP) is 24.8. The van der Waals surface area contributed by atoms with Crippen molar-refractivity contribution >= 4 is 0 Å². The number of fused-ring (bicyclic) bond motifs is 1. The molecule has 0 aliphatic heterocycles. The van der Waals surface area contributed by atoms with Gasteiger partial charge in [0.1, 0.15) is 0 Å². The monoisotopic (exact) mass is 1150 g/mol. The number of nitrogens with one attached hydrogen (secondary N) is 1. The zero-order valence-corrected chi connectivity index (χ0v) is 58.0. The highest BCUT2D eigenvalue weighted by Gasteiger charge is 2.55. The minimum Gasteiger partial charge on any atom is -0.358 e. The van der Waals surface area contributed by atoms with Gasteiger partial charge in [0, 0.05) is 23.7 Å². The lowest BCUT2D eigenvalue weighted by molar-refractivity contribution is 0.298. The van der Waals surface area contributed by atoms with E-state index < -0.39 is 5.41 Å². The molecule has 2 saturated carbocycles. The summed E-state index contributed by atoms with van der Waals surface area (Å²) >= 11 is 0. The number of benzene rings is 5. The normalized spacial score (nSPS) is 20.8. The second-order valence-corrected chi connectivity index (χ2v) is 23.5. The third-order valence-electron chi connectivity index (χ3n) is 18.1. The molecule has 0 radical (unpaired) electrons. The first-order chi connectivity index (χ1) is 41.6. The maximum Gasteiger partial charge on any atom is 0.0684 e. The van der Waals surface area contributed by atoms with Crippen LogP contribution in [-0.2, 0) is 11.8 Å². The summed E-state index contributed by atoms with van der Waals surface area (Å²) in [6, 6.07) is 39.1. The molecule has 86 heavy (non-hydrogen) atoms. The lowest BCUT2D eigenvalue weighted by Gasteiger charge is -2.42. The van der Waals surface area contributed by atoms with Gasteiger partial charge in [-0.1, -0.05) is 274 Å². The highest BCUT2D eigenvalue weighted by Crippen LogP contribution is 2.66. The van der Waals surface area contributed by atoms with Crippen LogP contribution in [0.15, 0.2) is 221 Å². The molecule has 10 rings (SSSR count). The summed E-state index contributed by atoms with van der Waals surface area (Å²) in [5.74, 6) is 1.89. The smallest absolute Gasteiger partial charge is 0.0684 e. The quantitative estimate of drug-likeness (QED) is 0.0970. The third-order valence-corrected chi connectivity index (χ3v) is 18.1. The molecule has 0 aromatic heterocycles. The fourth-order valence-corrected chi connectivity index (χ4v) is 14.0. The molecule has 5 aromatic rings. The Balaban J connectivity index is 0.000000693. The van der Waals surface area contributed by atoms with E-state index in [0.29, 0.717) is 11.8 Å². The molecule has 0 heterocycles. The standard InChI is InChI=1S/C65H71N.C10H14.5C2H6/c1-9-62(49(7)37-50(8)64-41-54(39-53-40-55(42-64)59(53)43-64)52-32-30-51(31-33-52)38-58-47(5)34-45(3)35-48(58)6)66-63-29-21-22-44(2)36-61(63)65(57-26-17-14-18-27-57,60-28-20-19-23-46(60)4)56-24-15-12-10-11-13-16-25-56;1-7-5-8(2)10(4)9(3)6-7;5*1-2/h9-10,12-14,16-24,26-28,30-37,39,54-55,59,66H,8,11,15,25,29,38,40-43H2,1-7H3;5-6H,1-4H3;5*1-2H3/b12-10?,16-13-,49-37-,56-24+,62-9+;;;;;;. The van der Waals surface area contributed by atoms with Crippen LogP contribution in [0.2, 0.25) is 0 Å². The van der Waals surface area contributed by atoms with E-state index in [1.807, 2.05) is 69.2 Å². The molecule has 0 amide bonds. The fourth-order valence-electron chi connectivity index (χ4n) is 14.0. The Hall–Kier alpha value is -6.70. The van der Waals surface area contributed by atoms with E-state index in [4.69, 9.17) is 6.58 Å². The van der Waals surface area contributed by atoms with Gasteiger partial charge < -0.3 is 5.32 Å². The second kappa shape index (κ2) is 35.2. The SMILES string of the molecule is C=C(/C=C(C)\C(=C/C)NC1=C(C(/C2=C/CC=CC/C=C\C2)(c2ccccc2)c2ccccc2C)C=C(C)C=CC1)C12CC(c3ccc(Cc4c(C)cc(C)cc4C)cc3)C=C3CC(C1)C3C2.CC.CC.CC.CC.CC.Cc1cc(C)c(C)c(C)c1. The minimum atomic E-state index is -0.538. The number of hydrogen-bond acceptors (Lipinski definition) is 1. The summed E-state index contributed by atoms with van der Waals surface area (Å²) in [6.07, 6.45) is 35.8. The molecule has 2 bridgehead atoms.